The van der Waals surface area contributed by atoms with Gasteiger partial charge in [0.05, 0.1) is 4.90 Å². The molecule has 2 fully saturated rings. The van der Waals surface area contributed by atoms with E-state index in [4.69, 9.17) is 0 Å². The number of benzene rings is 2. The molecule has 0 bridgehead atoms. The van der Waals surface area contributed by atoms with E-state index in [1.807, 2.05) is 13.0 Å². The highest BCUT2D eigenvalue weighted by atomic mass is 32.2. The van der Waals surface area contributed by atoms with Gasteiger partial charge in [0.1, 0.15) is 0 Å². The van der Waals surface area contributed by atoms with Gasteiger partial charge in [0.2, 0.25) is 0 Å². The van der Waals surface area contributed by atoms with E-state index in [0.717, 1.165) is 37.5 Å². The molecule has 0 aromatic heterocycles. The standard InChI is InChI=1S/C23H29N3O3S/c1-16-6-7-17(2)22(14-16)30(28,29)25-20-5-3-4-18(15-20)23(27)24-19-10-12-26(13-11-19)21-8-9-21/h3-7,14-15,19,21,25H,8-13H2,1-2H3,(H,24,27). The van der Waals surface area contributed by atoms with Crippen LogP contribution in [0.15, 0.2) is 47.4 Å². The molecule has 7 heteroatoms. The van der Waals surface area contributed by atoms with Crippen LogP contribution in [-0.4, -0.2) is 44.4 Å². The fourth-order valence-electron chi connectivity index (χ4n) is 4.05. The number of rotatable bonds is 6. The van der Waals surface area contributed by atoms with Crippen LogP contribution in [0.25, 0.3) is 0 Å². The first-order valence-corrected chi connectivity index (χ1v) is 12.1. The Bertz CT molecular complexity index is 1040. The van der Waals surface area contributed by atoms with Gasteiger partial charge in [0.25, 0.3) is 15.9 Å². The highest BCUT2D eigenvalue weighted by Gasteiger charge is 2.32. The van der Waals surface area contributed by atoms with Crippen LogP contribution in [-0.2, 0) is 10.0 Å². The molecule has 2 N–H and O–H groups in total. The van der Waals surface area contributed by atoms with E-state index < -0.39 is 10.0 Å². The molecule has 1 amide bonds. The normalized spacial score (nSPS) is 18.2. The predicted molar refractivity (Wildman–Crippen MR) is 118 cm³/mol. The number of carbonyl (C=O) groups is 1. The van der Waals surface area contributed by atoms with Crippen molar-refractivity contribution in [1.29, 1.82) is 0 Å². The van der Waals surface area contributed by atoms with Crippen LogP contribution >= 0.6 is 0 Å². The molecule has 1 aliphatic carbocycles. The van der Waals surface area contributed by atoms with Crippen LogP contribution in [0.2, 0.25) is 0 Å². The molecule has 30 heavy (non-hydrogen) atoms. The Hall–Kier alpha value is -2.38. The molecule has 1 heterocycles. The first-order chi connectivity index (χ1) is 14.3. The number of nitrogens with one attached hydrogen (secondary N) is 2. The van der Waals surface area contributed by atoms with Crippen molar-refractivity contribution >= 4 is 21.6 Å². The number of carbonyl (C=O) groups excluding carboxylic acids is 1. The molecule has 2 aliphatic rings. The van der Waals surface area contributed by atoms with Crippen LogP contribution < -0.4 is 10.0 Å². The van der Waals surface area contributed by atoms with Gasteiger partial charge >= 0.3 is 0 Å². The van der Waals surface area contributed by atoms with Crippen LogP contribution in [0.5, 0.6) is 0 Å². The number of sulfonamides is 1. The fraction of sp³-hybridized carbons (Fsp3) is 0.435. The van der Waals surface area contributed by atoms with Crippen LogP contribution in [0.3, 0.4) is 0 Å². The topological polar surface area (TPSA) is 78.5 Å². The van der Waals surface area contributed by atoms with E-state index in [0.29, 0.717) is 16.8 Å². The second-order valence-electron chi connectivity index (χ2n) is 8.47. The Labute approximate surface area is 178 Å². The summed E-state index contributed by atoms with van der Waals surface area (Å²) in [6.45, 7) is 5.70. The molecule has 0 unspecified atom stereocenters. The zero-order chi connectivity index (χ0) is 21.3. The molecule has 2 aromatic carbocycles. The number of amides is 1. The highest BCUT2D eigenvalue weighted by Crippen LogP contribution is 2.29. The Morgan fingerprint density at radius 1 is 1.00 bits per heavy atom. The van der Waals surface area contributed by atoms with Gasteiger partial charge in [-0.05, 0) is 74.9 Å². The molecule has 160 valence electrons. The molecule has 1 saturated heterocycles. The summed E-state index contributed by atoms with van der Waals surface area (Å²) in [4.78, 5) is 15.5. The predicted octanol–water partition coefficient (Wildman–Crippen LogP) is 3.46. The SMILES string of the molecule is Cc1ccc(C)c(S(=O)(=O)Nc2cccc(C(=O)NC3CCN(C4CC4)CC3)c2)c1. The van der Waals surface area contributed by atoms with Crippen molar-refractivity contribution in [1.82, 2.24) is 10.2 Å². The molecular weight excluding hydrogens is 398 g/mol. The first-order valence-electron chi connectivity index (χ1n) is 10.6. The van der Waals surface area contributed by atoms with E-state index in [9.17, 15) is 13.2 Å². The summed E-state index contributed by atoms with van der Waals surface area (Å²) in [5.41, 5.74) is 2.40. The molecular formula is C23H29N3O3S. The number of piperidine rings is 1. The number of anilines is 1. The number of likely N-dealkylation sites (tertiary alicyclic amines) is 1. The van der Waals surface area contributed by atoms with Gasteiger partial charge in [0, 0.05) is 36.4 Å². The van der Waals surface area contributed by atoms with Gasteiger partial charge in [0.15, 0.2) is 0 Å². The summed E-state index contributed by atoms with van der Waals surface area (Å²) >= 11 is 0. The summed E-state index contributed by atoms with van der Waals surface area (Å²) < 4.78 is 28.3. The number of aryl methyl sites for hydroxylation is 2. The summed E-state index contributed by atoms with van der Waals surface area (Å²) in [6.07, 6.45) is 4.53. The zero-order valence-corrected chi connectivity index (χ0v) is 18.3. The Morgan fingerprint density at radius 3 is 2.43 bits per heavy atom. The lowest BCUT2D eigenvalue weighted by Crippen LogP contribution is -2.45. The average molecular weight is 428 g/mol. The fourth-order valence-corrected chi connectivity index (χ4v) is 5.43. The van der Waals surface area contributed by atoms with E-state index in [1.54, 1.807) is 43.3 Å². The lowest BCUT2D eigenvalue weighted by atomic mass is 10.0. The minimum atomic E-state index is -3.73. The van der Waals surface area contributed by atoms with Gasteiger partial charge in [-0.1, -0.05) is 18.2 Å². The van der Waals surface area contributed by atoms with Gasteiger partial charge < -0.3 is 10.2 Å². The maximum atomic E-state index is 12.8. The van der Waals surface area contributed by atoms with Crippen LogP contribution in [0, 0.1) is 13.8 Å². The lowest BCUT2D eigenvalue weighted by Gasteiger charge is -2.32. The van der Waals surface area contributed by atoms with Crippen LogP contribution in [0.1, 0.15) is 47.2 Å². The minimum absolute atomic E-state index is 0.160. The largest absolute Gasteiger partial charge is 0.349 e. The number of hydrogen-bond donors (Lipinski definition) is 2. The maximum Gasteiger partial charge on any atom is 0.262 e. The van der Waals surface area contributed by atoms with Gasteiger partial charge in [-0.3, -0.25) is 9.52 Å². The summed E-state index contributed by atoms with van der Waals surface area (Å²) in [5.74, 6) is -0.160. The van der Waals surface area contributed by atoms with Crippen molar-refractivity contribution < 1.29 is 13.2 Å². The smallest absolute Gasteiger partial charge is 0.262 e. The molecule has 0 spiro atoms. The van der Waals surface area contributed by atoms with E-state index >= 15 is 0 Å². The van der Waals surface area contributed by atoms with Crippen molar-refractivity contribution in [3.05, 3.63) is 59.2 Å². The van der Waals surface area contributed by atoms with Crippen molar-refractivity contribution in [3.63, 3.8) is 0 Å². The maximum absolute atomic E-state index is 12.8. The Balaban J connectivity index is 1.42. The van der Waals surface area contributed by atoms with Crippen molar-refractivity contribution in [2.45, 2.75) is 56.5 Å². The lowest BCUT2D eigenvalue weighted by molar-refractivity contribution is 0.0909. The molecule has 1 aliphatic heterocycles. The number of hydrogen-bond acceptors (Lipinski definition) is 4. The zero-order valence-electron chi connectivity index (χ0n) is 17.5. The van der Waals surface area contributed by atoms with Crippen molar-refractivity contribution in [2.75, 3.05) is 17.8 Å². The van der Waals surface area contributed by atoms with E-state index in [2.05, 4.69) is 14.9 Å². The number of nitrogens with zero attached hydrogens (tertiary/aromatic N) is 1. The molecule has 6 nitrogen and oxygen atoms in total. The summed E-state index contributed by atoms with van der Waals surface area (Å²) in [5, 5.41) is 3.11. The molecule has 1 saturated carbocycles. The monoisotopic (exact) mass is 427 g/mol. The Morgan fingerprint density at radius 2 is 1.73 bits per heavy atom. The highest BCUT2D eigenvalue weighted by molar-refractivity contribution is 7.92. The third kappa shape index (κ3) is 4.84. The van der Waals surface area contributed by atoms with Crippen molar-refractivity contribution in [2.24, 2.45) is 0 Å². The second-order valence-corrected chi connectivity index (χ2v) is 10.1. The summed E-state index contributed by atoms with van der Waals surface area (Å²) in [6, 6.07) is 12.9. The summed E-state index contributed by atoms with van der Waals surface area (Å²) in [7, 11) is -3.73. The Kier molecular flexibility index (Phi) is 5.84. The van der Waals surface area contributed by atoms with Crippen LogP contribution in [0.4, 0.5) is 5.69 Å². The van der Waals surface area contributed by atoms with Gasteiger partial charge in [-0.15, -0.1) is 0 Å². The third-order valence-corrected chi connectivity index (χ3v) is 7.46. The second kappa shape index (κ2) is 8.40. The molecule has 2 aromatic rings. The quantitative estimate of drug-likeness (QED) is 0.740. The molecule has 4 rings (SSSR count). The van der Waals surface area contributed by atoms with Gasteiger partial charge in [-0.25, -0.2) is 8.42 Å². The van der Waals surface area contributed by atoms with Gasteiger partial charge in [-0.2, -0.15) is 0 Å². The first kappa shape index (κ1) is 20.9. The molecule has 0 atom stereocenters. The van der Waals surface area contributed by atoms with E-state index in [1.165, 1.54) is 12.8 Å². The molecule has 0 radical (unpaired) electrons. The average Bonchev–Trinajstić information content (AvgIpc) is 3.55. The third-order valence-electron chi connectivity index (χ3n) is 5.94. The minimum Gasteiger partial charge on any atom is -0.349 e. The van der Waals surface area contributed by atoms with Crippen molar-refractivity contribution in [3.8, 4) is 0 Å². The van der Waals surface area contributed by atoms with E-state index in [-0.39, 0.29) is 16.8 Å².